The number of nitrogens with one attached hydrogen (secondary N) is 2. The molecule has 0 aliphatic heterocycles. The third-order valence-electron chi connectivity index (χ3n) is 5.69. The van der Waals surface area contributed by atoms with Crippen LogP contribution < -0.4 is 10.6 Å². The van der Waals surface area contributed by atoms with Gasteiger partial charge in [0, 0.05) is 18.3 Å². The van der Waals surface area contributed by atoms with Crippen molar-refractivity contribution in [3.8, 4) is 0 Å². The van der Waals surface area contributed by atoms with Crippen LogP contribution in [0.2, 0.25) is 5.15 Å². The quantitative estimate of drug-likeness (QED) is 0.651. The predicted molar refractivity (Wildman–Crippen MR) is 107 cm³/mol. The molecule has 2 unspecified atom stereocenters. The molecule has 29 heavy (non-hydrogen) atoms. The molecule has 1 aromatic carbocycles. The predicted octanol–water partition coefficient (Wildman–Crippen LogP) is 4.17. The van der Waals surface area contributed by atoms with Crippen molar-refractivity contribution in [1.82, 2.24) is 19.9 Å². The van der Waals surface area contributed by atoms with Gasteiger partial charge in [0.05, 0.1) is 24.0 Å². The van der Waals surface area contributed by atoms with E-state index in [0.717, 1.165) is 16.9 Å². The Hall–Kier alpha value is -2.74. The highest BCUT2D eigenvalue weighted by molar-refractivity contribution is 6.29. The minimum absolute atomic E-state index is 0.359. The van der Waals surface area contributed by atoms with E-state index in [-0.39, 0.29) is 0 Å². The van der Waals surface area contributed by atoms with Gasteiger partial charge in [-0.3, -0.25) is 4.79 Å². The first-order valence-corrected chi connectivity index (χ1v) is 9.61. The second kappa shape index (κ2) is 6.66. The number of amides is 1. The van der Waals surface area contributed by atoms with Crippen LogP contribution in [0.3, 0.4) is 0 Å². The molecule has 0 bridgehead atoms. The van der Waals surface area contributed by atoms with Gasteiger partial charge in [0.25, 0.3) is 5.92 Å². The van der Waals surface area contributed by atoms with Crippen molar-refractivity contribution in [1.29, 1.82) is 0 Å². The van der Waals surface area contributed by atoms with Crippen molar-refractivity contribution in [2.75, 3.05) is 12.4 Å². The van der Waals surface area contributed by atoms with Gasteiger partial charge in [-0.25, -0.2) is 18.3 Å². The van der Waals surface area contributed by atoms with E-state index in [1.54, 1.807) is 41.2 Å². The molecule has 2 N–H and O–H groups in total. The number of benzene rings is 1. The molecule has 2 aromatic heterocycles. The Bertz CT molecular complexity index is 1100. The van der Waals surface area contributed by atoms with Gasteiger partial charge in [0.15, 0.2) is 5.65 Å². The Morgan fingerprint density at radius 3 is 2.62 bits per heavy atom. The Kier molecular flexibility index (Phi) is 4.49. The summed E-state index contributed by atoms with van der Waals surface area (Å²) in [5.74, 6) is -4.87. The van der Waals surface area contributed by atoms with Crippen LogP contribution in [0.15, 0.2) is 36.7 Å². The number of rotatable bonds is 5. The van der Waals surface area contributed by atoms with Crippen LogP contribution in [0.4, 0.5) is 20.2 Å². The van der Waals surface area contributed by atoms with Crippen LogP contribution in [0, 0.1) is 5.41 Å². The topological polar surface area (TPSA) is 71.3 Å². The molecular weight excluding hydrogens is 400 g/mol. The highest BCUT2D eigenvalue weighted by Crippen LogP contribution is 2.71. The monoisotopic (exact) mass is 419 g/mol. The summed E-state index contributed by atoms with van der Waals surface area (Å²) in [5.41, 5.74) is 1.80. The smallest absolute Gasteiger partial charge is 0.270 e. The summed E-state index contributed by atoms with van der Waals surface area (Å²) >= 11 is 5.97. The molecule has 1 amide bonds. The summed E-state index contributed by atoms with van der Waals surface area (Å²) in [5, 5.41) is 10.3. The van der Waals surface area contributed by atoms with E-state index in [1.165, 1.54) is 14.0 Å². The van der Waals surface area contributed by atoms with Crippen molar-refractivity contribution in [2.45, 2.75) is 32.1 Å². The molecular formula is C20H20ClF2N5O. The summed E-state index contributed by atoms with van der Waals surface area (Å²) in [6.45, 7) is 3.30. The van der Waals surface area contributed by atoms with E-state index >= 15 is 0 Å². The fourth-order valence-electron chi connectivity index (χ4n) is 3.94. The van der Waals surface area contributed by atoms with Crippen molar-refractivity contribution in [3.05, 3.63) is 52.9 Å². The maximum Gasteiger partial charge on any atom is 0.270 e. The first-order chi connectivity index (χ1) is 13.7. The molecule has 0 saturated heterocycles. The molecule has 0 spiro atoms. The number of carbonyl (C=O) groups excluding carboxylic acids is 1. The van der Waals surface area contributed by atoms with E-state index in [9.17, 15) is 13.6 Å². The fourth-order valence-corrected chi connectivity index (χ4v) is 4.11. The van der Waals surface area contributed by atoms with Crippen molar-refractivity contribution >= 4 is 34.5 Å². The van der Waals surface area contributed by atoms with Gasteiger partial charge in [-0.1, -0.05) is 30.7 Å². The third-order valence-corrected chi connectivity index (χ3v) is 5.87. The molecule has 1 saturated carbocycles. The number of hydrogen-bond acceptors (Lipinski definition) is 4. The van der Waals surface area contributed by atoms with Crippen LogP contribution in [0.1, 0.15) is 30.9 Å². The number of hydrogen-bond donors (Lipinski definition) is 2. The van der Waals surface area contributed by atoms with Crippen LogP contribution in [-0.4, -0.2) is 33.5 Å². The molecule has 1 fully saturated rings. The number of imidazole rings is 1. The lowest BCUT2D eigenvalue weighted by Gasteiger charge is -2.12. The number of anilines is 2. The number of fused-ring (bicyclic) bond motifs is 1. The van der Waals surface area contributed by atoms with Gasteiger partial charge < -0.3 is 10.6 Å². The minimum atomic E-state index is -3.08. The zero-order valence-corrected chi connectivity index (χ0v) is 16.9. The second-order valence-electron chi connectivity index (χ2n) is 7.31. The molecule has 1 aliphatic rings. The number of nitrogens with zero attached hydrogens (tertiary/aromatic N) is 3. The Labute approximate surface area is 171 Å². The van der Waals surface area contributed by atoms with E-state index in [1.807, 2.05) is 6.92 Å². The molecule has 0 radical (unpaired) electrons. The summed E-state index contributed by atoms with van der Waals surface area (Å²) in [4.78, 5) is 16.2. The lowest BCUT2D eigenvalue weighted by Crippen LogP contribution is -2.31. The molecule has 9 heteroatoms. The van der Waals surface area contributed by atoms with Crippen molar-refractivity contribution < 1.29 is 13.6 Å². The number of alkyl halides is 2. The van der Waals surface area contributed by atoms with Crippen LogP contribution in [-0.2, 0) is 11.2 Å². The van der Waals surface area contributed by atoms with Crippen molar-refractivity contribution in [2.24, 2.45) is 5.41 Å². The fraction of sp³-hybridized carbons (Fsp3) is 0.350. The van der Waals surface area contributed by atoms with E-state index < -0.39 is 23.2 Å². The average Bonchev–Trinajstić information content (AvgIpc) is 2.97. The van der Waals surface area contributed by atoms with Gasteiger partial charge in [-0.15, -0.1) is 0 Å². The molecule has 1 aliphatic carbocycles. The minimum Gasteiger partial charge on any atom is -0.358 e. The maximum absolute atomic E-state index is 14.4. The highest BCUT2D eigenvalue weighted by atomic mass is 35.5. The Morgan fingerprint density at radius 1 is 1.31 bits per heavy atom. The summed E-state index contributed by atoms with van der Waals surface area (Å²) < 4.78 is 30.3. The largest absolute Gasteiger partial charge is 0.358 e. The first-order valence-electron chi connectivity index (χ1n) is 9.23. The zero-order chi connectivity index (χ0) is 21.0. The number of aromatic nitrogens is 3. The van der Waals surface area contributed by atoms with Gasteiger partial charge >= 0.3 is 0 Å². The third kappa shape index (κ3) is 2.85. The summed E-state index contributed by atoms with van der Waals surface area (Å²) in [6.07, 6.45) is 4.02. The second-order valence-corrected chi connectivity index (χ2v) is 7.69. The highest BCUT2D eigenvalue weighted by Gasteiger charge is 2.82. The number of carbonyl (C=O) groups is 1. The van der Waals surface area contributed by atoms with Gasteiger partial charge in [0.1, 0.15) is 10.6 Å². The van der Waals surface area contributed by atoms with Crippen LogP contribution in [0.25, 0.3) is 5.65 Å². The summed E-state index contributed by atoms with van der Waals surface area (Å²) in [6, 6.07) is 6.69. The van der Waals surface area contributed by atoms with Crippen LogP contribution in [0.5, 0.6) is 0 Å². The van der Waals surface area contributed by atoms with Gasteiger partial charge in [0.2, 0.25) is 5.91 Å². The molecule has 152 valence electrons. The van der Waals surface area contributed by atoms with Crippen molar-refractivity contribution in [3.63, 3.8) is 0 Å². The number of aryl methyl sites for hydroxylation is 1. The molecule has 6 nitrogen and oxygen atoms in total. The van der Waals surface area contributed by atoms with E-state index in [4.69, 9.17) is 11.6 Å². The standard InChI is InChI=1S/C20H20ClF2N5O/c1-4-13-14(9-25-28-10-15(21)27-17(13)28)26-12-7-5-11(6-8-12)16-19(2,18(29)24-3)20(16,22)23/h5-10,16,26H,4H2,1-3H3,(H,24,29). The Balaban J connectivity index is 1.60. The molecule has 2 atom stereocenters. The lowest BCUT2D eigenvalue weighted by atomic mass is 10.00. The zero-order valence-electron chi connectivity index (χ0n) is 16.1. The molecule has 4 rings (SSSR count). The lowest BCUT2D eigenvalue weighted by molar-refractivity contribution is -0.128. The molecule has 3 aromatic rings. The summed E-state index contributed by atoms with van der Waals surface area (Å²) in [7, 11) is 1.37. The van der Waals surface area contributed by atoms with Crippen LogP contribution >= 0.6 is 11.6 Å². The normalized spacial score (nSPS) is 22.5. The van der Waals surface area contributed by atoms with E-state index in [0.29, 0.717) is 22.8 Å². The van der Waals surface area contributed by atoms with Gasteiger partial charge in [-0.2, -0.15) is 5.10 Å². The first kappa shape index (κ1) is 19.6. The maximum atomic E-state index is 14.4. The van der Waals surface area contributed by atoms with Gasteiger partial charge in [-0.05, 0) is 31.0 Å². The SMILES string of the molecule is CCc1c(Nc2ccc(C3C(F)(F)C3(C)C(=O)NC)cc2)cnn2cc(Cl)nc12. The Morgan fingerprint density at radius 2 is 2.00 bits per heavy atom. The average molecular weight is 420 g/mol. The number of halogens is 3. The molecule has 2 heterocycles. The van der Waals surface area contributed by atoms with E-state index in [2.05, 4.69) is 20.7 Å².